The fourth-order valence-electron chi connectivity index (χ4n) is 2.39. The van der Waals surface area contributed by atoms with Gasteiger partial charge in [-0.25, -0.2) is 0 Å². The third kappa shape index (κ3) is 3.62. The van der Waals surface area contributed by atoms with Crippen LogP contribution in [0.25, 0.3) is 0 Å². The summed E-state index contributed by atoms with van der Waals surface area (Å²) in [5.74, 6) is 1.60. The van der Waals surface area contributed by atoms with Gasteiger partial charge in [0.25, 0.3) is 0 Å². The lowest BCUT2D eigenvalue weighted by atomic mass is 9.89. The smallest absolute Gasteiger partial charge is 0.138 e. The first-order valence-corrected chi connectivity index (χ1v) is 7.70. The molecule has 0 aliphatic heterocycles. The molecule has 1 saturated carbocycles. The van der Waals surface area contributed by atoms with Crippen LogP contribution in [0.3, 0.4) is 0 Å². The summed E-state index contributed by atoms with van der Waals surface area (Å²) in [6.45, 7) is 2.30. The Morgan fingerprint density at radius 3 is 2.88 bits per heavy atom. The summed E-state index contributed by atoms with van der Waals surface area (Å²) in [5, 5.41) is 1.55. The van der Waals surface area contributed by atoms with Crippen molar-refractivity contribution in [3.63, 3.8) is 0 Å². The molecule has 0 N–H and O–H groups in total. The zero-order valence-corrected chi connectivity index (χ0v) is 12.4. The van der Waals surface area contributed by atoms with Crippen LogP contribution < -0.4 is 4.74 Å². The first-order chi connectivity index (χ1) is 8.19. The SMILES string of the molecule is CC1CCCC(Oc2ccc(CBr)cc2Cl)C1. The highest BCUT2D eigenvalue weighted by molar-refractivity contribution is 9.08. The average Bonchev–Trinajstić information content (AvgIpc) is 2.32. The molecule has 0 radical (unpaired) electrons. The standard InChI is InChI=1S/C14H18BrClO/c1-10-3-2-4-12(7-10)17-14-6-5-11(9-15)8-13(14)16/h5-6,8,10,12H,2-4,7,9H2,1H3. The van der Waals surface area contributed by atoms with E-state index in [1.807, 2.05) is 12.1 Å². The minimum Gasteiger partial charge on any atom is -0.489 e. The highest BCUT2D eigenvalue weighted by Gasteiger charge is 2.20. The molecule has 2 rings (SSSR count). The van der Waals surface area contributed by atoms with Gasteiger partial charge in [-0.2, -0.15) is 0 Å². The van der Waals surface area contributed by atoms with Crippen molar-refractivity contribution in [3.05, 3.63) is 28.8 Å². The van der Waals surface area contributed by atoms with Gasteiger partial charge in [0.15, 0.2) is 0 Å². The second kappa shape index (κ2) is 6.10. The molecule has 0 saturated heterocycles. The van der Waals surface area contributed by atoms with Gasteiger partial charge in [-0.1, -0.05) is 46.9 Å². The minimum atomic E-state index is 0.339. The molecule has 1 aromatic rings. The normalized spacial score (nSPS) is 24.6. The van der Waals surface area contributed by atoms with E-state index in [-0.39, 0.29) is 0 Å². The van der Waals surface area contributed by atoms with E-state index in [1.54, 1.807) is 0 Å². The summed E-state index contributed by atoms with van der Waals surface area (Å²) in [6.07, 6.45) is 5.24. The molecular formula is C14H18BrClO. The Balaban J connectivity index is 2.02. The van der Waals surface area contributed by atoms with Crippen molar-refractivity contribution in [2.45, 2.75) is 44.0 Å². The Morgan fingerprint density at radius 1 is 1.41 bits per heavy atom. The van der Waals surface area contributed by atoms with Gasteiger partial charge in [0, 0.05) is 5.33 Å². The summed E-state index contributed by atoms with van der Waals surface area (Å²) in [4.78, 5) is 0. The van der Waals surface area contributed by atoms with Crippen molar-refractivity contribution in [1.29, 1.82) is 0 Å². The second-order valence-corrected chi connectivity index (χ2v) is 5.88. The Bertz CT molecular complexity index is 380. The maximum atomic E-state index is 6.22. The third-order valence-electron chi connectivity index (χ3n) is 3.33. The van der Waals surface area contributed by atoms with Crippen LogP contribution in [0.2, 0.25) is 5.02 Å². The van der Waals surface area contributed by atoms with E-state index >= 15 is 0 Å². The van der Waals surface area contributed by atoms with E-state index in [0.717, 1.165) is 34.9 Å². The summed E-state index contributed by atoms with van der Waals surface area (Å²) in [5.41, 5.74) is 1.18. The van der Waals surface area contributed by atoms with Gasteiger partial charge in [0.1, 0.15) is 5.75 Å². The van der Waals surface area contributed by atoms with Gasteiger partial charge in [0.2, 0.25) is 0 Å². The van der Waals surface area contributed by atoms with Crippen LogP contribution in [-0.2, 0) is 5.33 Å². The molecule has 0 heterocycles. The quantitative estimate of drug-likeness (QED) is 0.697. The second-order valence-electron chi connectivity index (χ2n) is 4.91. The van der Waals surface area contributed by atoms with Gasteiger partial charge in [0.05, 0.1) is 11.1 Å². The first kappa shape index (κ1) is 13.2. The molecule has 1 aromatic carbocycles. The van der Waals surface area contributed by atoms with Crippen LogP contribution in [0.15, 0.2) is 18.2 Å². The van der Waals surface area contributed by atoms with E-state index in [2.05, 4.69) is 28.9 Å². The monoisotopic (exact) mass is 316 g/mol. The average molecular weight is 318 g/mol. The fraction of sp³-hybridized carbons (Fsp3) is 0.571. The number of halogens is 2. The van der Waals surface area contributed by atoms with Crippen LogP contribution in [0.1, 0.15) is 38.2 Å². The molecule has 0 amide bonds. The molecule has 3 heteroatoms. The highest BCUT2D eigenvalue weighted by Crippen LogP contribution is 2.31. The topological polar surface area (TPSA) is 9.23 Å². The molecule has 17 heavy (non-hydrogen) atoms. The van der Waals surface area contributed by atoms with Crippen molar-refractivity contribution >= 4 is 27.5 Å². The molecule has 2 unspecified atom stereocenters. The number of alkyl halides is 1. The number of rotatable bonds is 3. The maximum absolute atomic E-state index is 6.22. The summed E-state index contributed by atoms with van der Waals surface area (Å²) >= 11 is 9.64. The number of ether oxygens (including phenoxy) is 1. The predicted octanol–water partition coefficient (Wildman–Crippen LogP) is 5.19. The van der Waals surface area contributed by atoms with Crippen molar-refractivity contribution in [3.8, 4) is 5.75 Å². The number of hydrogen-bond donors (Lipinski definition) is 0. The van der Waals surface area contributed by atoms with Gasteiger partial charge in [-0.15, -0.1) is 0 Å². The maximum Gasteiger partial charge on any atom is 0.138 e. The highest BCUT2D eigenvalue weighted by atomic mass is 79.9. The largest absolute Gasteiger partial charge is 0.489 e. The summed E-state index contributed by atoms with van der Waals surface area (Å²) < 4.78 is 6.01. The molecule has 1 aliphatic rings. The van der Waals surface area contributed by atoms with E-state index < -0.39 is 0 Å². The molecule has 94 valence electrons. The third-order valence-corrected chi connectivity index (χ3v) is 4.28. The zero-order chi connectivity index (χ0) is 12.3. The van der Waals surface area contributed by atoms with Crippen molar-refractivity contribution in [2.24, 2.45) is 5.92 Å². The number of hydrogen-bond acceptors (Lipinski definition) is 1. The Kier molecular flexibility index (Phi) is 4.75. The minimum absolute atomic E-state index is 0.339. The Labute approximate surface area is 117 Å². The predicted molar refractivity (Wildman–Crippen MR) is 76.1 cm³/mol. The molecule has 1 fully saturated rings. The van der Waals surface area contributed by atoms with Gasteiger partial charge < -0.3 is 4.74 Å². The summed E-state index contributed by atoms with van der Waals surface area (Å²) in [7, 11) is 0. The molecule has 0 aromatic heterocycles. The lowest BCUT2D eigenvalue weighted by molar-refractivity contribution is 0.129. The molecule has 1 nitrogen and oxygen atoms in total. The van der Waals surface area contributed by atoms with Crippen LogP contribution in [0.4, 0.5) is 0 Å². The van der Waals surface area contributed by atoms with Crippen LogP contribution in [0.5, 0.6) is 5.75 Å². The lowest BCUT2D eigenvalue weighted by Gasteiger charge is -2.27. The van der Waals surface area contributed by atoms with Gasteiger partial charge >= 0.3 is 0 Å². The van der Waals surface area contributed by atoms with Gasteiger partial charge in [-0.05, 0) is 42.9 Å². The van der Waals surface area contributed by atoms with Gasteiger partial charge in [-0.3, -0.25) is 0 Å². The fourth-order valence-corrected chi connectivity index (χ4v) is 2.98. The lowest BCUT2D eigenvalue weighted by Crippen LogP contribution is -2.24. The summed E-state index contributed by atoms with van der Waals surface area (Å²) in [6, 6.07) is 6.01. The Morgan fingerprint density at radius 2 is 2.24 bits per heavy atom. The molecule has 1 aliphatic carbocycles. The van der Waals surface area contributed by atoms with Crippen LogP contribution in [-0.4, -0.2) is 6.10 Å². The Hall–Kier alpha value is -0.210. The van der Waals surface area contributed by atoms with E-state index in [9.17, 15) is 0 Å². The van der Waals surface area contributed by atoms with Crippen molar-refractivity contribution in [2.75, 3.05) is 0 Å². The van der Waals surface area contributed by atoms with E-state index in [0.29, 0.717) is 6.10 Å². The van der Waals surface area contributed by atoms with E-state index in [4.69, 9.17) is 16.3 Å². The number of benzene rings is 1. The first-order valence-electron chi connectivity index (χ1n) is 6.20. The molecular weight excluding hydrogens is 300 g/mol. The zero-order valence-electron chi connectivity index (χ0n) is 10.1. The van der Waals surface area contributed by atoms with E-state index in [1.165, 1.54) is 18.4 Å². The van der Waals surface area contributed by atoms with Crippen molar-refractivity contribution < 1.29 is 4.74 Å². The molecule has 2 atom stereocenters. The molecule has 0 bridgehead atoms. The molecule has 0 spiro atoms. The van der Waals surface area contributed by atoms with Crippen LogP contribution >= 0.6 is 27.5 Å². The van der Waals surface area contributed by atoms with Crippen LogP contribution in [0, 0.1) is 5.92 Å². The van der Waals surface area contributed by atoms with Crippen molar-refractivity contribution in [1.82, 2.24) is 0 Å².